The van der Waals surface area contributed by atoms with Gasteiger partial charge in [-0.15, -0.1) is 11.3 Å². The standard InChI is InChI=1S/C19H34N4O2S/c1-14-16(26-15(2)23-14)13-22-18(20-6)21-12-10-8-7-9-11-17(24)25-19(3,4)5/h7-13H2,1-6H3,(H2,20,21,22). The molecule has 1 rings (SSSR count). The van der Waals surface area contributed by atoms with Crippen LogP contribution in [-0.4, -0.2) is 36.1 Å². The number of rotatable bonds is 9. The van der Waals surface area contributed by atoms with Crippen molar-refractivity contribution in [3.05, 3.63) is 15.6 Å². The van der Waals surface area contributed by atoms with Crippen LogP contribution in [0.1, 0.15) is 68.5 Å². The highest BCUT2D eigenvalue weighted by Gasteiger charge is 2.15. The minimum Gasteiger partial charge on any atom is -0.460 e. The second-order valence-corrected chi connectivity index (χ2v) is 8.63. The Hall–Kier alpha value is -1.63. The van der Waals surface area contributed by atoms with Crippen LogP contribution in [0.5, 0.6) is 0 Å². The van der Waals surface area contributed by atoms with Crippen LogP contribution in [0.15, 0.2) is 4.99 Å². The van der Waals surface area contributed by atoms with Crippen LogP contribution in [0, 0.1) is 13.8 Å². The average Bonchev–Trinajstić information content (AvgIpc) is 2.85. The molecule has 26 heavy (non-hydrogen) atoms. The number of guanidine groups is 1. The summed E-state index contributed by atoms with van der Waals surface area (Å²) in [5, 5.41) is 7.75. The third-order valence-electron chi connectivity index (χ3n) is 3.66. The molecule has 0 aliphatic carbocycles. The Labute approximate surface area is 161 Å². The van der Waals surface area contributed by atoms with Gasteiger partial charge in [0, 0.05) is 24.9 Å². The second-order valence-electron chi connectivity index (χ2n) is 7.34. The van der Waals surface area contributed by atoms with Gasteiger partial charge >= 0.3 is 5.97 Å². The predicted molar refractivity (Wildman–Crippen MR) is 109 cm³/mol. The van der Waals surface area contributed by atoms with Crippen molar-refractivity contribution in [1.82, 2.24) is 15.6 Å². The fourth-order valence-corrected chi connectivity index (χ4v) is 3.35. The first kappa shape index (κ1) is 22.4. The molecular weight excluding hydrogens is 348 g/mol. The summed E-state index contributed by atoms with van der Waals surface area (Å²) < 4.78 is 5.31. The van der Waals surface area contributed by atoms with Gasteiger partial charge in [-0.2, -0.15) is 0 Å². The van der Waals surface area contributed by atoms with Crippen LogP contribution in [-0.2, 0) is 16.1 Å². The van der Waals surface area contributed by atoms with E-state index in [1.165, 1.54) is 4.88 Å². The molecule has 0 atom stereocenters. The molecule has 1 heterocycles. The summed E-state index contributed by atoms with van der Waals surface area (Å²) in [6, 6.07) is 0. The van der Waals surface area contributed by atoms with Crippen molar-refractivity contribution in [3.8, 4) is 0 Å². The summed E-state index contributed by atoms with van der Waals surface area (Å²) in [7, 11) is 1.78. The van der Waals surface area contributed by atoms with E-state index in [1.807, 2.05) is 34.6 Å². The van der Waals surface area contributed by atoms with Crippen LogP contribution >= 0.6 is 11.3 Å². The van der Waals surface area contributed by atoms with Gasteiger partial charge in [-0.25, -0.2) is 4.98 Å². The molecule has 0 aromatic carbocycles. The SMILES string of the molecule is CN=C(NCCCCCCC(=O)OC(C)(C)C)NCc1sc(C)nc1C. The Morgan fingerprint density at radius 3 is 2.42 bits per heavy atom. The van der Waals surface area contributed by atoms with E-state index in [2.05, 4.69) is 20.6 Å². The molecular formula is C19H34N4O2S. The number of aryl methyl sites for hydroxylation is 2. The smallest absolute Gasteiger partial charge is 0.306 e. The zero-order chi connectivity index (χ0) is 19.6. The Bertz CT molecular complexity index is 591. The van der Waals surface area contributed by atoms with E-state index in [-0.39, 0.29) is 11.6 Å². The Morgan fingerprint density at radius 2 is 1.85 bits per heavy atom. The minimum absolute atomic E-state index is 0.103. The number of carbonyl (C=O) groups excluding carboxylic acids is 1. The lowest BCUT2D eigenvalue weighted by atomic mass is 10.1. The summed E-state index contributed by atoms with van der Waals surface area (Å²) in [5.41, 5.74) is 0.695. The van der Waals surface area contributed by atoms with E-state index in [4.69, 9.17) is 4.74 Å². The molecule has 148 valence electrons. The van der Waals surface area contributed by atoms with E-state index in [1.54, 1.807) is 18.4 Å². The monoisotopic (exact) mass is 382 g/mol. The number of ether oxygens (including phenoxy) is 1. The van der Waals surface area contributed by atoms with Crippen molar-refractivity contribution in [3.63, 3.8) is 0 Å². The molecule has 2 N–H and O–H groups in total. The zero-order valence-electron chi connectivity index (χ0n) is 17.1. The highest BCUT2D eigenvalue weighted by molar-refractivity contribution is 7.11. The summed E-state index contributed by atoms with van der Waals surface area (Å²) in [6.45, 7) is 11.4. The first-order valence-corrected chi connectivity index (χ1v) is 10.1. The van der Waals surface area contributed by atoms with Gasteiger partial charge in [-0.1, -0.05) is 12.8 Å². The third kappa shape index (κ3) is 9.75. The molecule has 0 aliphatic rings. The van der Waals surface area contributed by atoms with E-state index in [9.17, 15) is 4.79 Å². The maximum atomic E-state index is 11.6. The van der Waals surface area contributed by atoms with E-state index in [0.29, 0.717) is 6.42 Å². The fourth-order valence-electron chi connectivity index (χ4n) is 2.47. The van der Waals surface area contributed by atoms with E-state index < -0.39 is 0 Å². The molecule has 1 aromatic rings. The minimum atomic E-state index is -0.389. The number of esters is 1. The molecule has 0 fully saturated rings. The molecule has 0 saturated heterocycles. The molecule has 0 bridgehead atoms. The molecule has 7 heteroatoms. The summed E-state index contributed by atoms with van der Waals surface area (Å²) in [4.78, 5) is 21.6. The Balaban J connectivity index is 2.10. The van der Waals surface area contributed by atoms with Crippen LogP contribution in [0.3, 0.4) is 0 Å². The molecule has 0 aliphatic heterocycles. The zero-order valence-corrected chi connectivity index (χ0v) is 17.9. The number of hydrogen-bond acceptors (Lipinski definition) is 5. The number of nitrogens with one attached hydrogen (secondary N) is 2. The third-order valence-corrected chi connectivity index (χ3v) is 4.73. The van der Waals surface area contributed by atoms with Gasteiger partial charge in [-0.3, -0.25) is 9.79 Å². The predicted octanol–water partition coefficient (Wildman–Crippen LogP) is 3.72. The lowest BCUT2D eigenvalue weighted by Gasteiger charge is -2.19. The van der Waals surface area contributed by atoms with Crippen molar-refractivity contribution >= 4 is 23.3 Å². The van der Waals surface area contributed by atoms with E-state index in [0.717, 1.165) is 55.4 Å². The first-order chi connectivity index (χ1) is 12.2. The van der Waals surface area contributed by atoms with Crippen molar-refractivity contribution in [2.45, 2.75) is 78.9 Å². The number of thiazole rings is 1. The van der Waals surface area contributed by atoms with Gasteiger partial charge < -0.3 is 15.4 Å². The molecule has 6 nitrogen and oxygen atoms in total. The highest BCUT2D eigenvalue weighted by atomic mass is 32.1. The number of unbranched alkanes of at least 4 members (excludes halogenated alkanes) is 3. The summed E-state index contributed by atoms with van der Waals surface area (Å²) in [6.07, 6.45) is 4.55. The number of nitrogens with zero attached hydrogens (tertiary/aromatic N) is 2. The van der Waals surface area contributed by atoms with Gasteiger partial charge in [0.15, 0.2) is 5.96 Å². The van der Waals surface area contributed by atoms with Gasteiger partial charge in [0.05, 0.1) is 17.2 Å². The van der Waals surface area contributed by atoms with Crippen molar-refractivity contribution in [1.29, 1.82) is 0 Å². The van der Waals surface area contributed by atoms with Crippen LogP contribution in [0.2, 0.25) is 0 Å². The van der Waals surface area contributed by atoms with Gasteiger partial charge in [-0.05, 0) is 47.5 Å². The lowest BCUT2D eigenvalue weighted by molar-refractivity contribution is -0.154. The van der Waals surface area contributed by atoms with Crippen LogP contribution in [0.4, 0.5) is 0 Å². The molecule has 0 radical (unpaired) electrons. The largest absolute Gasteiger partial charge is 0.460 e. The lowest BCUT2D eigenvalue weighted by Crippen LogP contribution is -2.37. The topological polar surface area (TPSA) is 75.6 Å². The highest BCUT2D eigenvalue weighted by Crippen LogP contribution is 2.16. The van der Waals surface area contributed by atoms with Crippen LogP contribution < -0.4 is 10.6 Å². The Kier molecular flexibility index (Phi) is 9.62. The van der Waals surface area contributed by atoms with Crippen molar-refractivity contribution in [2.75, 3.05) is 13.6 Å². The quantitative estimate of drug-likeness (QED) is 0.295. The van der Waals surface area contributed by atoms with Crippen molar-refractivity contribution < 1.29 is 9.53 Å². The molecule has 0 spiro atoms. The average molecular weight is 383 g/mol. The maximum absolute atomic E-state index is 11.6. The fraction of sp³-hybridized carbons (Fsp3) is 0.737. The molecule has 1 aromatic heterocycles. The molecule has 0 unspecified atom stereocenters. The first-order valence-electron chi connectivity index (χ1n) is 9.30. The number of aromatic nitrogens is 1. The van der Waals surface area contributed by atoms with Crippen LogP contribution in [0.25, 0.3) is 0 Å². The summed E-state index contributed by atoms with van der Waals surface area (Å²) >= 11 is 1.72. The van der Waals surface area contributed by atoms with Gasteiger partial charge in [0.2, 0.25) is 0 Å². The van der Waals surface area contributed by atoms with Gasteiger partial charge in [0.25, 0.3) is 0 Å². The number of hydrogen-bond donors (Lipinski definition) is 2. The van der Waals surface area contributed by atoms with E-state index >= 15 is 0 Å². The van der Waals surface area contributed by atoms with Gasteiger partial charge in [0.1, 0.15) is 5.60 Å². The molecule has 0 amide bonds. The molecule has 0 saturated carbocycles. The van der Waals surface area contributed by atoms with Crippen molar-refractivity contribution in [2.24, 2.45) is 4.99 Å². The second kappa shape index (κ2) is 11.2. The normalized spacial score (nSPS) is 12.2. The maximum Gasteiger partial charge on any atom is 0.306 e. The summed E-state index contributed by atoms with van der Waals surface area (Å²) in [5.74, 6) is 0.707. The number of aliphatic imine (C=N–C) groups is 1. The Morgan fingerprint density at radius 1 is 1.15 bits per heavy atom. The number of carbonyl (C=O) groups is 1.